The van der Waals surface area contributed by atoms with Crippen LogP contribution in [0.4, 0.5) is 17.1 Å². The van der Waals surface area contributed by atoms with Crippen LogP contribution in [0.1, 0.15) is 0 Å². The lowest BCUT2D eigenvalue weighted by molar-refractivity contribution is 1.18. The van der Waals surface area contributed by atoms with Crippen molar-refractivity contribution in [3.05, 3.63) is 224 Å². The molecule has 0 fully saturated rings. The summed E-state index contributed by atoms with van der Waals surface area (Å²) in [6.07, 6.45) is 0. The predicted molar refractivity (Wildman–Crippen MR) is 241 cm³/mol. The van der Waals surface area contributed by atoms with Crippen LogP contribution in [0.25, 0.3) is 77.2 Å². The Bertz CT molecular complexity index is 3230. The van der Waals surface area contributed by atoms with Gasteiger partial charge in [-0.1, -0.05) is 152 Å². The number of nitrogens with zero attached hydrogens (tertiary/aromatic N) is 3. The minimum atomic E-state index is 1.08. The SMILES string of the molecule is c1ccc(-c2cccc(N(c3ccc4c5ccccc5n(-c5cccc(-c6ccccc6)c5)c4c3)c3cccc4c3c3ccccc3n4-c3ccccc3)c2)cc1. The maximum absolute atomic E-state index is 2.46. The normalized spacial score (nSPS) is 11.5. The minimum Gasteiger partial charge on any atom is -0.310 e. The van der Waals surface area contributed by atoms with Crippen molar-refractivity contribution in [1.29, 1.82) is 0 Å². The molecule has 0 aliphatic heterocycles. The van der Waals surface area contributed by atoms with Crippen molar-refractivity contribution in [3.8, 4) is 33.6 Å². The van der Waals surface area contributed by atoms with E-state index < -0.39 is 0 Å². The molecule has 3 nitrogen and oxygen atoms in total. The van der Waals surface area contributed by atoms with Gasteiger partial charge in [-0.15, -0.1) is 0 Å². The maximum Gasteiger partial charge on any atom is 0.0562 e. The Hall–Kier alpha value is -7.62. The zero-order chi connectivity index (χ0) is 37.7. The molecule has 0 N–H and O–H groups in total. The van der Waals surface area contributed by atoms with E-state index in [0.29, 0.717) is 0 Å². The molecule has 0 spiro atoms. The highest BCUT2D eigenvalue weighted by Crippen LogP contribution is 2.46. The van der Waals surface area contributed by atoms with Crippen LogP contribution in [-0.4, -0.2) is 9.13 Å². The molecule has 2 aromatic heterocycles. The number of benzene rings is 9. The summed E-state index contributed by atoms with van der Waals surface area (Å²) in [7, 11) is 0. The molecular weight excluding hydrogens is 691 g/mol. The average molecular weight is 728 g/mol. The quantitative estimate of drug-likeness (QED) is 0.159. The molecule has 2 heterocycles. The van der Waals surface area contributed by atoms with Crippen LogP contribution in [0.3, 0.4) is 0 Å². The summed E-state index contributed by atoms with van der Waals surface area (Å²) >= 11 is 0. The smallest absolute Gasteiger partial charge is 0.0562 e. The molecule has 11 aromatic rings. The largest absolute Gasteiger partial charge is 0.310 e. The molecule has 0 saturated carbocycles. The monoisotopic (exact) mass is 727 g/mol. The minimum absolute atomic E-state index is 1.08. The third-order valence-corrected chi connectivity index (χ3v) is 11.3. The van der Waals surface area contributed by atoms with Crippen LogP contribution in [0.5, 0.6) is 0 Å². The molecule has 0 amide bonds. The molecule has 0 unspecified atom stereocenters. The van der Waals surface area contributed by atoms with Gasteiger partial charge in [-0.3, -0.25) is 0 Å². The van der Waals surface area contributed by atoms with Gasteiger partial charge in [-0.05, 0) is 95.1 Å². The lowest BCUT2D eigenvalue weighted by Crippen LogP contribution is -2.11. The van der Waals surface area contributed by atoms with E-state index in [2.05, 4.69) is 238 Å². The van der Waals surface area contributed by atoms with E-state index in [9.17, 15) is 0 Å². The van der Waals surface area contributed by atoms with E-state index in [1.165, 1.54) is 54.8 Å². The van der Waals surface area contributed by atoms with Gasteiger partial charge in [0.1, 0.15) is 0 Å². The molecular formula is C54H37N3. The molecule has 57 heavy (non-hydrogen) atoms. The first-order valence-electron chi connectivity index (χ1n) is 19.5. The zero-order valence-corrected chi connectivity index (χ0v) is 31.2. The summed E-state index contributed by atoms with van der Waals surface area (Å²) in [5.74, 6) is 0. The lowest BCUT2D eigenvalue weighted by Gasteiger charge is -2.27. The third-order valence-electron chi connectivity index (χ3n) is 11.3. The highest BCUT2D eigenvalue weighted by Gasteiger charge is 2.23. The molecule has 0 bridgehead atoms. The van der Waals surface area contributed by atoms with Gasteiger partial charge in [0.25, 0.3) is 0 Å². The van der Waals surface area contributed by atoms with Crippen molar-refractivity contribution < 1.29 is 0 Å². The second-order valence-electron chi connectivity index (χ2n) is 14.6. The number of aromatic nitrogens is 2. The van der Waals surface area contributed by atoms with E-state index in [-0.39, 0.29) is 0 Å². The molecule has 11 rings (SSSR count). The van der Waals surface area contributed by atoms with Crippen LogP contribution in [0.15, 0.2) is 224 Å². The van der Waals surface area contributed by atoms with E-state index in [1.54, 1.807) is 0 Å². The summed E-state index contributed by atoms with van der Waals surface area (Å²) in [5.41, 5.74) is 15.0. The highest BCUT2D eigenvalue weighted by molar-refractivity contribution is 6.17. The van der Waals surface area contributed by atoms with Gasteiger partial charge in [-0.25, -0.2) is 0 Å². The molecule has 0 atom stereocenters. The van der Waals surface area contributed by atoms with Gasteiger partial charge in [0.05, 0.1) is 27.8 Å². The Labute approximate surface area is 331 Å². The molecule has 9 aromatic carbocycles. The average Bonchev–Trinajstić information content (AvgIpc) is 3.81. The van der Waals surface area contributed by atoms with E-state index in [1.807, 2.05) is 0 Å². The second-order valence-corrected chi connectivity index (χ2v) is 14.6. The van der Waals surface area contributed by atoms with Crippen molar-refractivity contribution in [1.82, 2.24) is 9.13 Å². The fourth-order valence-corrected chi connectivity index (χ4v) is 8.76. The molecule has 0 aliphatic rings. The van der Waals surface area contributed by atoms with Crippen molar-refractivity contribution in [2.45, 2.75) is 0 Å². The molecule has 3 heteroatoms. The molecule has 0 radical (unpaired) electrons. The predicted octanol–water partition coefficient (Wildman–Crippen LogP) is 14.7. The van der Waals surface area contributed by atoms with Gasteiger partial charge < -0.3 is 14.0 Å². The first kappa shape index (κ1) is 32.8. The van der Waals surface area contributed by atoms with Gasteiger partial charge >= 0.3 is 0 Å². The summed E-state index contributed by atoms with van der Waals surface area (Å²) in [5, 5.41) is 4.87. The van der Waals surface area contributed by atoms with Crippen LogP contribution in [-0.2, 0) is 0 Å². The Kier molecular flexibility index (Phi) is 7.82. The number of hydrogen-bond donors (Lipinski definition) is 0. The first-order chi connectivity index (χ1) is 28.3. The first-order valence-corrected chi connectivity index (χ1v) is 19.5. The summed E-state index contributed by atoms with van der Waals surface area (Å²) in [6.45, 7) is 0. The fraction of sp³-hybridized carbons (Fsp3) is 0. The summed E-state index contributed by atoms with van der Waals surface area (Å²) in [4.78, 5) is 2.46. The Morgan fingerprint density at radius 3 is 1.51 bits per heavy atom. The number of anilines is 3. The molecule has 0 saturated heterocycles. The third kappa shape index (κ3) is 5.51. The van der Waals surface area contributed by atoms with Crippen LogP contribution < -0.4 is 4.90 Å². The number of fused-ring (bicyclic) bond motifs is 6. The summed E-state index contributed by atoms with van der Waals surface area (Å²) < 4.78 is 4.83. The van der Waals surface area contributed by atoms with E-state index >= 15 is 0 Å². The fourth-order valence-electron chi connectivity index (χ4n) is 8.76. The van der Waals surface area contributed by atoms with E-state index in [0.717, 1.165) is 39.5 Å². The zero-order valence-electron chi connectivity index (χ0n) is 31.2. The standard InChI is InChI=1S/C54H37N3/c1-4-17-38(18-5-1)40-21-14-25-43(35-40)55(51-31-16-32-52-54(51)48-28-11-13-30-50(48)56(52)42-23-8-3-9-24-42)45-33-34-47-46-27-10-12-29-49(46)57(53(47)37-45)44-26-15-22-41(36-44)39-19-6-2-7-20-39/h1-37H. The topological polar surface area (TPSA) is 13.1 Å². The van der Waals surface area contributed by atoms with Crippen LogP contribution >= 0.6 is 0 Å². The molecule has 268 valence electrons. The number of hydrogen-bond acceptors (Lipinski definition) is 1. The Morgan fingerprint density at radius 1 is 0.281 bits per heavy atom. The molecule has 0 aliphatic carbocycles. The van der Waals surface area contributed by atoms with Gasteiger partial charge in [0.2, 0.25) is 0 Å². The van der Waals surface area contributed by atoms with Gasteiger partial charge in [-0.2, -0.15) is 0 Å². The van der Waals surface area contributed by atoms with Crippen molar-refractivity contribution in [3.63, 3.8) is 0 Å². The van der Waals surface area contributed by atoms with Crippen LogP contribution in [0, 0.1) is 0 Å². The van der Waals surface area contributed by atoms with Crippen LogP contribution in [0.2, 0.25) is 0 Å². The van der Waals surface area contributed by atoms with E-state index in [4.69, 9.17) is 0 Å². The lowest BCUT2D eigenvalue weighted by atomic mass is 10.0. The highest BCUT2D eigenvalue weighted by atomic mass is 15.2. The van der Waals surface area contributed by atoms with Crippen molar-refractivity contribution >= 4 is 60.7 Å². The number of para-hydroxylation sites is 3. The second kappa shape index (κ2) is 13.6. The Morgan fingerprint density at radius 2 is 0.772 bits per heavy atom. The summed E-state index contributed by atoms with van der Waals surface area (Å²) in [6, 6.07) is 81.2. The maximum atomic E-state index is 2.46. The van der Waals surface area contributed by atoms with Gasteiger partial charge in [0, 0.05) is 44.3 Å². The Balaban J connectivity index is 1.20. The van der Waals surface area contributed by atoms with Gasteiger partial charge in [0.15, 0.2) is 0 Å². The number of rotatable bonds is 7. The van der Waals surface area contributed by atoms with Crippen molar-refractivity contribution in [2.75, 3.05) is 4.90 Å². The van der Waals surface area contributed by atoms with Crippen molar-refractivity contribution in [2.24, 2.45) is 0 Å².